The fourth-order valence-corrected chi connectivity index (χ4v) is 3.23. The van der Waals surface area contributed by atoms with E-state index in [9.17, 15) is 9.90 Å². The zero-order chi connectivity index (χ0) is 16.2. The van der Waals surface area contributed by atoms with Crippen LogP contribution in [0.1, 0.15) is 51.2 Å². The Labute approximate surface area is 146 Å². The molecule has 23 heavy (non-hydrogen) atoms. The van der Waals surface area contributed by atoms with E-state index in [1.54, 1.807) is 13.8 Å². The standard InChI is InChI=1S/C19H29NO2.ClH/c1-15(14-20-11-5-4-6-12-20)13-16-7-9-17(10-8-16)19(2,3)18(21)22;/h7-10,15H,4-6,11-14H2,1-3H3,(H,21,22);1H. The van der Waals surface area contributed by atoms with Gasteiger partial charge in [-0.2, -0.15) is 0 Å². The fraction of sp³-hybridized carbons (Fsp3) is 0.632. The molecule has 1 aromatic carbocycles. The minimum Gasteiger partial charge on any atom is -0.481 e. The third-order valence-electron chi connectivity index (χ3n) is 4.81. The van der Waals surface area contributed by atoms with E-state index in [4.69, 9.17) is 0 Å². The smallest absolute Gasteiger partial charge is 0.313 e. The molecule has 0 amide bonds. The van der Waals surface area contributed by atoms with E-state index in [0.717, 1.165) is 12.0 Å². The van der Waals surface area contributed by atoms with E-state index >= 15 is 0 Å². The monoisotopic (exact) mass is 339 g/mol. The van der Waals surface area contributed by atoms with Crippen LogP contribution in [0.25, 0.3) is 0 Å². The fourth-order valence-electron chi connectivity index (χ4n) is 3.23. The van der Waals surface area contributed by atoms with Crippen molar-refractivity contribution >= 4 is 18.4 Å². The number of rotatable bonds is 6. The van der Waals surface area contributed by atoms with Crippen molar-refractivity contribution in [2.24, 2.45) is 5.92 Å². The molecule has 3 nitrogen and oxygen atoms in total. The summed E-state index contributed by atoms with van der Waals surface area (Å²) < 4.78 is 0. The highest BCUT2D eigenvalue weighted by Gasteiger charge is 2.29. The number of piperidine rings is 1. The summed E-state index contributed by atoms with van der Waals surface area (Å²) in [6.45, 7) is 9.48. The van der Waals surface area contributed by atoms with Crippen LogP contribution in [0.2, 0.25) is 0 Å². The lowest BCUT2D eigenvalue weighted by atomic mass is 9.84. The van der Waals surface area contributed by atoms with Gasteiger partial charge in [-0.1, -0.05) is 37.6 Å². The van der Waals surface area contributed by atoms with Crippen LogP contribution in [0.4, 0.5) is 0 Å². The third kappa shape index (κ3) is 5.50. The maximum atomic E-state index is 11.3. The van der Waals surface area contributed by atoms with Gasteiger partial charge in [-0.25, -0.2) is 0 Å². The van der Waals surface area contributed by atoms with E-state index in [0.29, 0.717) is 5.92 Å². The van der Waals surface area contributed by atoms with Gasteiger partial charge in [-0.15, -0.1) is 12.4 Å². The molecule has 1 fully saturated rings. The third-order valence-corrected chi connectivity index (χ3v) is 4.81. The Hall–Kier alpha value is -1.06. The predicted octanol–water partition coefficient (Wildman–Crippen LogP) is 4.14. The van der Waals surface area contributed by atoms with E-state index in [1.807, 2.05) is 12.1 Å². The van der Waals surface area contributed by atoms with Gasteiger partial charge in [0.25, 0.3) is 0 Å². The van der Waals surface area contributed by atoms with Crippen molar-refractivity contribution in [3.05, 3.63) is 35.4 Å². The second kappa shape index (κ2) is 8.70. The average molecular weight is 340 g/mol. The molecule has 0 saturated carbocycles. The van der Waals surface area contributed by atoms with E-state index in [-0.39, 0.29) is 12.4 Å². The van der Waals surface area contributed by atoms with Crippen LogP contribution in [-0.4, -0.2) is 35.6 Å². The molecule has 0 radical (unpaired) electrons. The molecule has 1 heterocycles. The maximum Gasteiger partial charge on any atom is 0.313 e. The number of carbonyl (C=O) groups is 1. The van der Waals surface area contributed by atoms with Crippen molar-refractivity contribution in [2.45, 2.75) is 51.9 Å². The molecular weight excluding hydrogens is 310 g/mol. The summed E-state index contributed by atoms with van der Waals surface area (Å²) in [6.07, 6.45) is 5.12. The van der Waals surface area contributed by atoms with Gasteiger partial charge in [-0.3, -0.25) is 4.79 Å². The van der Waals surface area contributed by atoms with Gasteiger partial charge in [-0.05, 0) is 63.2 Å². The van der Waals surface area contributed by atoms with Crippen molar-refractivity contribution in [1.82, 2.24) is 4.90 Å². The molecule has 1 saturated heterocycles. The topological polar surface area (TPSA) is 40.5 Å². The highest BCUT2D eigenvalue weighted by molar-refractivity contribution is 5.85. The summed E-state index contributed by atoms with van der Waals surface area (Å²) in [7, 11) is 0. The van der Waals surface area contributed by atoms with Gasteiger partial charge in [0, 0.05) is 6.54 Å². The summed E-state index contributed by atoms with van der Waals surface area (Å²) in [5.74, 6) is -0.143. The quantitative estimate of drug-likeness (QED) is 0.847. The Morgan fingerprint density at radius 2 is 1.74 bits per heavy atom. The predicted molar refractivity (Wildman–Crippen MR) is 97.5 cm³/mol. The zero-order valence-electron chi connectivity index (χ0n) is 14.5. The normalized spacial score (nSPS) is 17.3. The lowest BCUT2D eigenvalue weighted by Gasteiger charge is -2.29. The number of benzene rings is 1. The van der Waals surface area contributed by atoms with Crippen LogP contribution in [-0.2, 0) is 16.6 Å². The van der Waals surface area contributed by atoms with E-state index in [2.05, 4.69) is 24.0 Å². The van der Waals surface area contributed by atoms with E-state index < -0.39 is 11.4 Å². The lowest BCUT2D eigenvalue weighted by Crippen LogP contribution is -2.34. The first-order valence-corrected chi connectivity index (χ1v) is 8.45. The zero-order valence-corrected chi connectivity index (χ0v) is 15.4. The van der Waals surface area contributed by atoms with Gasteiger partial charge < -0.3 is 10.0 Å². The minimum atomic E-state index is -0.821. The molecule has 0 aromatic heterocycles. The van der Waals surface area contributed by atoms with Crippen molar-refractivity contribution < 1.29 is 9.90 Å². The highest BCUT2D eigenvalue weighted by Crippen LogP contribution is 2.24. The molecule has 0 aliphatic carbocycles. The molecule has 1 aliphatic rings. The maximum absolute atomic E-state index is 11.3. The highest BCUT2D eigenvalue weighted by atomic mass is 35.5. The van der Waals surface area contributed by atoms with Crippen LogP contribution < -0.4 is 0 Å². The van der Waals surface area contributed by atoms with E-state index in [1.165, 1.54) is 44.5 Å². The number of nitrogens with zero attached hydrogens (tertiary/aromatic N) is 1. The first-order valence-electron chi connectivity index (χ1n) is 8.45. The molecule has 1 N–H and O–H groups in total. The average Bonchev–Trinajstić information content (AvgIpc) is 2.48. The van der Waals surface area contributed by atoms with Crippen molar-refractivity contribution in [2.75, 3.05) is 19.6 Å². The molecule has 1 aliphatic heterocycles. The van der Waals surface area contributed by atoms with Crippen LogP contribution in [0.15, 0.2) is 24.3 Å². The Kier molecular flexibility index (Phi) is 7.56. The Bertz CT molecular complexity index is 493. The Balaban J connectivity index is 0.00000264. The van der Waals surface area contributed by atoms with Gasteiger partial charge in [0.1, 0.15) is 0 Å². The SMILES string of the molecule is CC(Cc1ccc(C(C)(C)C(=O)O)cc1)CN1CCCCC1.Cl. The van der Waals surface area contributed by atoms with Gasteiger partial charge in [0.05, 0.1) is 5.41 Å². The second-order valence-electron chi connectivity index (χ2n) is 7.30. The first kappa shape index (κ1) is 20.0. The van der Waals surface area contributed by atoms with Crippen LogP contribution >= 0.6 is 12.4 Å². The number of halogens is 1. The van der Waals surface area contributed by atoms with Gasteiger partial charge in [0.15, 0.2) is 0 Å². The van der Waals surface area contributed by atoms with Crippen molar-refractivity contribution in [1.29, 1.82) is 0 Å². The molecule has 4 heteroatoms. The van der Waals surface area contributed by atoms with Gasteiger partial charge >= 0.3 is 5.97 Å². The number of aliphatic carboxylic acids is 1. The molecular formula is C19H30ClNO2. The lowest BCUT2D eigenvalue weighted by molar-refractivity contribution is -0.142. The molecule has 1 atom stereocenters. The molecule has 2 rings (SSSR count). The number of likely N-dealkylation sites (tertiary alicyclic amines) is 1. The van der Waals surface area contributed by atoms with Crippen molar-refractivity contribution in [3.8, 4) is 0 Å². The first-order chi connectivity index (χ1) is 10.4. The number of hydrogen-bond acceptors (Lipinski definition) is 2. The minimum absolute atomic E-state index is 0. The number of carboxylic acids is 1. The summed E-state index contributed by atoms with van der Waals surface area (Å²) in [4.78, 5) is 13.9. The summed E-state index contributed by atoms with van der Waals surface area (Å²) in [6, 6.07) is 8.12. The van der Waals surface area contributed by atoms with Crippen LogP contribution in [0.5, 0.6) is 0 Å². The molecule has 1 aromatic rings. The van der Waals surface area contributed by atoms with Crippen LogP contribution in [0.3, 0.4) is 0 Å². The van der Waals surface area contributed by atoms with Gasteiger partial charge in [0.2, 0.25) is 0 Å². The summed E-state index contributed by atoms with van der Waals surface area (Å²) in [5, 5.41) is 9.29. The summed E-state index contributed by atoms with van der Waals surface area (Å²) in [5.41, 5.74) is 1.35. The Morgan fingerprint density at radius 1 is 1.17 bits per heavy atom. The second-order valence-corrected chi connectivity index (χ2v) is 7.30. The van der Waals surface area contributed by atoms with Crippen LogP contribution in [0, 0.1) is 5.92 Å². The molecule has 0 spiro atoms. The number of carboxylic acid groups (broad SMARTS) is 1. The number of hydrogen-bond donors (Lipinski definition) is 1. The largest absolute Gasteiger partial charge is 0.481 e. The molecule has 1 unspecified atom stereocenters. The molecule has 130 valence electrons. The summed E-state index contributed by atoms with van der Waals surface area (Å²) >= 11 is 0. The van der Waals surface area contributed by atoms with Crippen molar-refractivity contribution in [3.63, 3.8) is 0 Å². The molecule has 0 bridgehead atoms. The Morgan fingerprint density at radius 3 is 2.26 bits per heavy atom.